The van der Waals surface area contributed by atoms with Crippen LogP contribution in [0, 0.1) is 11.8 Å². The van der Waals surface area contributed by atoms with Crippen LogP contribution in [0.3, 0.4) is 0 Å². The fourth-order valence-corrected chi connectivity index (χ4v) is 2.34. The van der Waals surface area contributed by atoms with E-state index in [0.29, 0.717) is 19.4 Å². The lowest BCUT2D eigenvalue weighted by Gasteiger charge is -2.18. The monoisotopic (exact) mass is 333 g/mol. The summed E-state index contributed by atoms with van der Waals surface area (Å²) in [6.07, 6.45) is -3.10. The molecular weight excluding hydrogens is 311 g/mol. The van der Waals surface area contributed by atoms with Gasteiger partial charge in [0.25, 0.3) is 0 Å². The van der Waals surface area contributed by atoms with Crippen molar-refractivity contribution < 1.29 is 27.8 Å². The summed E-state index contributed by atoms with van der Waals surface area (Å²) >= 11 is 0. The zero-order valence-electron chi connectivity index (χ0n) is 13.0. The van der Waals surface area contributed by atoms with Crippen molar-refractivity contribution in [1.82, 2.24) is 0 Å². The molecule has 0 bridgehead atoms. The Bertz CT molecular complexity index is 506. The lowest BCUT2D eigenvalue weighted by atomic mass is 9.91. The molecule has 1 rings (SSSR count). The molecular formula is C16H22F3NO3. The molecule has 1 aromatic rings. The topological polar surface area (TPSA) is 72.5 Å². The van der Waals surface area contributed by atoms with E-state index >= 15 is 0 Å². The van der Waals surface area contributed by atoms with E-state index in [9.17, 15) is 18.0 Å². The maximum absolute atomic E-state index is 12.6. The van der Waals surface area contributed by atoms with Gasteiger partial charge in [-0.3, -0.25) is 4.79 Å². The summed E-state index contributed by atoms with van der Waals surface area (Å²) in [5.41, 5.74) is 4.80. The molecule has 0 spiro atoms. The molecule has 0 heterocycles. The first-order chi connectivity index (χ1) is 10.7. The minimum Gasteiger partial charge on any atom is -0.494 e. The zero-order valence-corrected chi connectivity index (χ0v) is 13.0. The number of carboxylic acids is 1. The average Bonchev–Trinajstić information content (AvgIpc) is 2.45. The Morgan fingerprint density at radius 1 is 1.39 bits per heavy atom. The Balaban J connectivity index is 2.43. The van der Waals surface area contributed by atoms with Crippen LogP contribution in [0.4, 0.5) is 13.2 Å². The molecule has 1 unspecified atom stereocenters. The van der Waals surface area contributed by atoms with Crippen LogP contribution in [0.5, 0.6) is 5.75 Å². The molecule has 0 saturated heterocycles. The third kappa shape index (κ3) is 7.36. The van der Waals surface area contributed by atoms with Crippen LogP contribution in [0.2, 0.25) is 0 Å². The van der Waals surface area contributed by atoms with Crippen LogP contribution in [-0.2, 0) is 11.0 Å². The van der Waals surface area contributed by atoms with Gasteiger partial charge in [-0.1, -0.05) is 13.0 Å². The molecule has 23 heavy (non-hydrogen) atoms. The first-order valence-electron chi connectivity index (χ1n) is 7.44. The Kier molecular flexibility index (Phi) is 7.35. The number of nitrogens with two attached hydrogens (primary N) is 1. The van der Waals surface area contributed by atoms with Gasteiger partial charge >= 0.3 is 12.1 Å². The van der Waals surface area contributed by atoms with Crippen LogP contribution < -0.4 is 10.5 Å². The number of aliphatic carboxylic acids is 1. The normalized spacial score (nSPS) is 14.3. The molecule has 2 atom stereocenters. The number of halogens is 3. The minimum atomic E-state index is -4.39. The lowest BCUT2D eigenvalue weighted by Crippen LogP contribution is -2.21. The smallest absolute Gasteiger partial charge is 0.416 e. The lowest BCUT2D eigenvalue weighted by molar-refractivity contribution is -0.138. The second kappa shape index (κ2) is 8.76. The Hall–Kier alpha value is -1.76. The van der Waals surface area contributed by atoms with E-state index in [0.717, 1.165) is 12.1 Å². The molecule has 7 heteroatoms. The summed E-state index contributed by atoms with van der Waals surface area (Å²) in [7, 11) is 0. The molecule has 0 aliphatic heterocycles. The van der Waals surface area contributed by atoms with E-state index in [1.54, 1.807) is 0 Å². The van der Waals surface area contributed by atoms with Crippen LogP contribution >= 0.6 is 0 Å². The first-order valence-corrected chi connectivity index (χ1v) is 7.44. The standard InChI is InChI=1S/C16H22F3NO3/c1-11(7-12(10-20)8-15(21)22)5-6-23-14-4-2-3-13(9-14)16(17,18)19/h2-4,9,11-12H,5-8,10,20H2,1H3,(H,21,22)/t11?,12-/m0/s1. The maximum atomic E-state index is 12.6. The second-order valence-corrected chi connectivity index (χ2v) is 5.70. The van der Waals surface area contributed by atoms with Gasteiger partial charge in [0.15, 0.2) is 0 Å². The highest BCUT2D eigenvalue weighted by Crippen LogP contribution is 2.31. The summed E-state index contributed by atoms with van der Waals surface area (Å²) in [5.74, 6) is -0.634. The number of carbonyl (C=O) groups is 1. The van der Waals surface area contributed by atoms with Gasteiger partial charge in [-0.15, -0.1) is 0 Å². The van der Waals surface area contributed by atoms with Gasteiger partial charge in [0.05, 0.1) is 12.2 Å². The molecule has 3 N–H and O–H groups in total. The van der Waals surface area contributed by atoms with Crippen molar-refractivity contribution in [2.75, 3.05) is 13.2 Å². The third-order valence-electron chi connectivity index (χ3n) is 3.57. The quantitative estimate of drug-likeness (QED) is 0.725. The van der Waals surface area contributed by atoms with Gasteiger partial charge in [0.2, 0.25) is 0 Å². The van der Waals surface area contributed by atoms with E-state index in [2.05, 4.69) is 0 Å². The van der Waals surface area contributed by atoms with Gasteiger partial charge in [-0.2, -0.15) is 13.2 Å². The first kappa shape index (κ1) is 19.3. The maximum Gasteiger partial charge on any atom is 0.416 e. The molecule has 0 radical (unpaired) electrons. The molecule has 130 valence electrons. The number of hydrogen-bond acceptors (Lipinski definition) is 3. The number of ether oxygens (including phenoxy) is 1. The van der Waals surface area contributed by atoms with Crippen molar-refractivity contribution in [2.45, 2.75) is 32.4 Å². The van der Waals surface area contributed by atoms with Gasteiger partial charge in [0, 0.05) is 6.42 Å². The summed E-state index contributed by atoms with van der Waals surface area (Å²) in [5, 5.41) is 8.77. The van der Waals surface area contributed by atoms with E-state index in [-0.39, 0.29) is 30.6 Å². The Labute approximate surface area is 133 Å². The highest BCUT2D eigenvalue weighted by atomic mass is 19.4. The highest BCUT2D eigenvalue weighted by Gasteiger charge is 2.30. The Morgan fingerprint density at radius 3 is 2.65 bits per heavy atom. The summed E-state index contributed by atoms with van der Waals surface area (Å²) in [4.78, 5) is 10.7. The fraction of sp³-hybridized carbons (Fsp3) is 0.562. The van der Waals surface area contributed by atoms with Crippen LogP contribution in [0.1, 0.15) is 31.7 Å². The van der Waals surface area contributed by atoms with Crippen LogP contribution in [0.15, 0.2) is 24.3 Å². The van der Waals surface area contributed by atoms with E-state index in [1.165, 1.54) is 12.1 Å². The third-order valence-corrected chi connectivity index (χ3v) is 3.57. The molecule has 0 aliphatic carbocycles. The summed E-state index contributed by atoms with van der Waals surface area (Å²) in [6.45, 7) is 2.51. The number of benzene rings is 1. The predicted molar refractivity (Wildman–Crippen MR) is 80.1 cm³/mol. The highest BCUT2D eigenvalue weighted by molar-refractivity contribution is 5.67. The summed E-state index contributed by atoms with van der Waals surface area (Å²) < 4.78 is 43.1. The molecule has 4 nitrogen and oxygen atoms in total. The minimum absolute atomic E-state index is 0.0231. The van der Waals surface area contributed by atoms with Crippen LogP contribution in [0.25, 0.3) is 0 Å². The zero-order chi connectivity index (χ0) is 17.5. The molecule has 0 aromatic heterocycles. The van der Waals surface area contributed by atoms with Gasteiger partial charge in [-0.05, 0) is 49.4 Å². The van der Waals surface area contributed by atoms with Gasteiger partial charge in [-0.25, -0.2) is 0 Å². The number of alkyl halides is 3. The Morgan fingerprint density at radius 2 is 2.09 bits per heavy atom. The van der Waals surface area contributed by atoms with Crippen molar-refractivity contribution in [3.8, 4) is 5.75 Å². The molecule has 0 fully saturated rings. The van der Waals surface area contributed by atoms with Crippen LogP contribution in [-0.4, -0.2) is 24.2 Å². The van der Waals surface area contributed by atoms with E-state index in [1.807, 2.05) is 6.92 Å². The fourth-order valence-electron chi connectivity index (χ4n) is 2.34. The molecule has 0 aliphatic rings. The van der Waals surface area contributed by atoms with Crippen molar-refractivity contribution in [3.63, 3.8) is 0 Å². The largest absolute Gasteiger partial charge is 0.494 e. The second-order valence-electron chi connectivity index (χ2n) is 5.70. The van der Waals surface area contributed by atoms with E-state index in [4.69, 9.17) is 15.6 Å². The van der Waals surface area contributed by atoms with Crippen molar-refractivity contribution in [2.24, 2.45) is 17.6 Å². The number of carboxylic acid groups (broad SMARTS) is 1. The van der Waals surface area contributed by atoms with Crippen molar-refractivity contribution >= 4 is 5.97 Å². The number of rotatable bonds is 9. The summed E-state index contributed by atoms with van der Waals surface area (Å²) in [6, 6.07) is 4.75. The van der Waals surface area contributed by atoms with E-state index < -0.39 is 17.7 Å². The molecule has 0 saturated carbocycles. The van der Waals surface area contributed by atoms with Gasteiger partial charge < -0.3 is 15.6 Å². The SMILES string of the molecule is CC(CCOc1cccc(C(F)(F)F)c1)C[C@H](CN)CC(=O)O. The number of hydrogen-bond donors (Lipinski definition) is 2. The average molecular weight is 333 g/mol. The van der Waals surface area contributed by atoms with Crippen molar-refractivity contribution in [1.29, 1.82) is 0 Å². The molecule has 0 amide bonds. The van der Waals surface area contributed by atoms with Gasteiger partial charge in [0.1, 0.15) is 5.75 Å². The van der Waals surface area contributed by atoms with Crippen molar-refractivity contribution in [3.05, 3.63) is 29.8 Å². The molecule has 1 aromatic carbocycles. The predicted octanol–water partition coefficient (Wildman–Crippen LogP) is 3.55.